The highest BCUT2D eigenvalue weighted by Gasteiger charge is 2.33. The third-order valence-corrected chi connectivity index (χ3v) is 5.48. The van der Waals surface area contributed by atoms with Crippen molar-refractivity contribution in [3.05, 3.63) is 0 Å². The number of carboxylic acid groups (broad SMARTS) is 1. The van der Waals surface area contributed by atoms with Crippen LogP contribution in [-0.4, -0.2) is 82.1 Å². The fraction of sp³-hybridized carbons (Fsp3) is 0.737. The van der Waals surface area contributed by atoms with Crippen LogP contribution in [0.2, 0.25) is 0 Å². The Bertz CT molecular complexity index is 676. The molecule has 184 valence electrons. The van der Waals surface area contributed by atoms with Gasteiger partial charge in [-0.3, -0.25) is 19.2 Å². The molecule has 12 nitrogen and oxygen atoms in total. The van der Waals surface area contributed by atoms with Gasteiger partial charge in [0.05, 0.1) is 18.6 Å². The third kappa shape index (κ3) is 10.3. The molecule has 9 N–H and O–H groups in total. The lowest BCUT2D eigenvalue weighted by molar-refractivity contribution is -0.145. The summed E-state index contributed by atoms with van der Waals surface area (Å²) in [6.45, 7) is 4.74. The zero-order chi connectivity index (χ0) is 25.0. The molecular formula is C19H35N5O7S. The van der Waals surface area contributed by atoms with Crippen LogP contribution in [0.1, 0.15) is 40.0 Å². The maximum Gasteiger partial charge on any atom is 0.328 e. The molecule has 0 aliphatic carbocycles. The van der Waals surface area contributed by atoms with Gasteiger partial charge in [0, 0.05) is 0 Å². The largest absolute Gasteiger partial charge is 0.480 e. The molecule has 32 heavy (non-hydrogen) atoms. The summed E-state index contributed by atoms with van der Waals surface area (Å²) in [5, 5.41) is 26.0. The quantitative estimate of drug-likeness (QED) is 0.137. The van der Waals surface area contributed by atoms with Crippen LogP contribution in [0.5, 0.6) is 0 Å². The van der Waals surface area contributed by atoms with Gasteiger partial charge in [-0.2, -0.15) is 11.8 Å². The first-order chi connectivity index (χ1) is 14.8. The maximum absolute atomic E-state index is 12.9. The molecule has 0 saturated heterocycles. The number of carboxylic acids is 1. The number of hydrogen-bond acceptors (Lipinski definition) is 8. The van der Waals surface area contributed by atoms with Crippen molar-refractivity contribution in [3.63, 3.8) is 0 Å². The van der Waals surface area contributed by atoms with E-state index < -0.39 is 66.3 Å². The predicted octanol–water partition coefficient (Wildman–Crippen LogP) is -2.09. The second kappa shape index (κ2) is 14.6. The lowest BCUT2D eigenvalue weighted by Gasteiger charge is -2.28. The predicted molar refractivity (Wildman–Crippen MR) is 119 cm³/mol. The van der Waals surface area contributed by atoms with Crippen LogP contribution in [0.4, 0.5) is 0 Å². The molecule has 0 aliphatic heterocycles. The highest BCUT2D eigenvalue weighted by Crippen LogP contribution is 2.10. The van der Waals surface area contributed by atoms with E-state index in [2.05, 4.69) is 16.0 Å². The van der Waals surface area contributed by atoms with E-state index in [4.69, 9.17) is 11.5 Å². The minimum Gasteiger partial charge on any atom is -0.480 e. The van der Waals surface area contributed by atoms with Gasteiger partial charge in [0.2, 0.25) is 23.6 Å². The summed E-state index contributed by atoms with van der Waals surface area (Å²) in [6, 6.07) is -4.93. The van der Waals surface area contributed by atoms with Gasteiger partial charge in [-0.05, 0) is 31.3 Å². The minimum atomic E-state index is -1.55. The molecule has 4 amide bonds. The summed E-state index contributed by atoms with van der Waals surface area (Å²) in [5.41, 5.74) is 10.7. The number of carbonyl (C=O) groups is 5. The molecule has 0 fully saturated rings. The van der Waals surface area contributed by atoms with E-state index in [-0.39, 0.29) is 12.3 Å². The second-order valence-electron chi connectivity index (χ2n) is 7.56. The zero-order valence-corrected chi connectivity index (χ0v) is 19.6. The smallest absolute Gasteiger partial charge is 0.328 e. The van der Waals surface area contributed by atoms with Crippen LogP contribution in [0, 0.1) is 5.92 Å². The van der Waals surface area contributed by atoms with E-state index in [1.165, 1.54) is 18.7 Å². The minimum absolute atomic E-state index is 0.188. The molecule has 6 atom stereocenters. The second-order valence-corrected chi connectivity index (χ2v) is 8.54. The number of hydrogen-bond donors (Lipinski definition) is 7. The van der Waals surface area contributed by atoms with E-state index in [0.29, 0.717) is 12.2 Å². The molecule has 0 heterocycles. The first-order valence-electron chi connectivity index (χ1n) is 10.2. The molecule has 6 unspecified atom stereocenters. The van der Waals surface area contributed by atoms with Crippen LogP contribution in [0.15, 0.2) is 0 Å². The Labute approximate surface area is 191 Å². The van der Waals surface area contributed by atoms with E-state index in [9.17, 15) is 34.2 Å². The average molecular weight is 478 g/mol. The van der Waals surface area contributed by atoms with Crippen LogP contribution in [0.3, 0.4) is 0 Å². The lowest BCUT2D eigenvalue weighted by atomic mass is 9.97. The van der Waals surface area contributed by atoms with Crippen molar-refractivity contribution < 1.29 is 34.2 Å². The van der Waals surface area contributed by atoms with Crippen molar-refractivity contribution in [2.45, 2.75) is 70.3 Å². The molecule has 0 aromatic rings. The highest BCUT2D eigenvalue weighted by atomic mass is 32.2. The molecule has 0 aromatic carbocycles. The topological polar surface area (TPSA) is 214 Å². The maximum atomic E-state index is 12.9. The van der Waals surface area contributed by atoms with Crippen molar-refractivity contribution in [3.8, 4) is 0 Å². The summed E-state index contributed by atoms with van der Waals surface area (Å²) >= 11 is 1.42. The van der Waals surface area contributed by atoms with Gasteiger partial charge in [-0.25, -0.2) is 4.79 Å². The molecule has 0 rings (SSSR count). The van der Waals surface area contributed by atoms with Crippen LogP contribution in [0.25, 0.3) is 0 Å². The van der Waals surface area contributed by atoms with Crippen molar-refractivity contribution in [1.29, 1.82) is 0 Å². The number of thioether (sulfide) groups is 1. The van der Waals surface area contributed by atoms with Gasteiger partial charge in [0.15, 0.2) is 6.04 Å². The third-order valence-electron chi connectivity index (χ3n) is 4.84. The Kier molecular flexibility index (Phi) is 13.5. The summed E-state index contributed by atoms with van der Waals surface area (Å²) in [4.78, 5) is 60.2. The Morgan fingerprint density at radius 1 is 0.969 bits per heavy atom. The molecule has 0 radical (unpaired) electrons. The molecule has 0 aromatic heterocycles. The van der Waals surface area contributed by atoms with Gasteiger partial charge in [-0.15, -0.1) is 0 Å². The Morgan fingerprint density at radius 2 is 1.53 bits per heavy atom. The lowest BCUT2D eigenvalue weighted by Crippen LogP contribution is -2.59. The Balaban J connectivity index is 5.51. The average Bonchev–Trinajstić information content (AvgIpc) is 2.70. The molecule has 0 spiro atoms. The SMILES string of the molecule is CCC(C)C(NC(=O)C(N)CC(N)=O)C(=O)NC(CCSC)C(=O)NC(C(=O)O)C(C)O. The van der Waals surface area contributed by atoms with Gasteiger partial charge >= 0.3 is 5.97 Å². The van der Waals surface area contributed by atoms with Crippen molar-refractivity contribution >= 4 is 41.4 Å². The monoisotopic (exact) mass is 477 g/mol. The van der Waals surface area contributed by atoms with Gasteiger partial charge in [0.1, 0.15) is 12.1 Å². The molecule has 0 bridgehead atoms. The number of nitrogens with two attached hydrogens (primary N) is 2. The molecule has 13 heteroatoms. The molecule has 0 saturated carbocycles. The first-order valence-corrected chi connectivity index (χ1v) is 11.6. The number of aliphatic hydroxyl groups is 1. The number of amides is 4. The van der Waals surface area contributed by atoms with Crippen molar-refractivity contribution in [2.75, 3.05) is 12.0 Å². The number of aliphatic hydroxyl groups excluding tert-OH is 1. The first kappa shape index (κ1) is 29.6. The van der Waals surface area contributed by atoms with Gasteiger partial charge in [0.25, 0.3) is 0 Å². The Hall–Kier alpha value is -2.38. The summed E-state index contributed by atoms with van der Waals surface area (Å²) in [6.07, 6.45) is 0.749. The number of carbonyl (C=O) groups excluding carboxylic acids is 4. The van der Waals surface area contributed by atoms with Crippen molar-refractivity contribution in [2.24, 2.45) is 17.4 Å². The van der Waals surface area contributed by atoms with E-state index >= 15 is 0 Å². The Morgan fingerprint density at radius 3 is 1.97 bits per heavy atom. The number of aliphatic carboxylic acids is 1. The normalized spacial score (nSPS) is 16.6. The number of rotatable bonds is 15. The van der Waals surface area contributed by atoms with Gasteiger partial charge < -0.3 is 37.6 Å². The number of nitrogens with one attached hydrogen (secondary N) is 3. The molecule has 0 aliphatic rings. The highest BCUT2D eigenvalue weighted by molar-refractivity contribution is 7.98. The standard InChI is InChI=1S/C19H35N5O7S/c1-5-9(2)14(23-16(27)11(20)8-13(21)26)18(29)22-12(6-7-32-4)17(28)24-15(10(3)25)19(30)31/h9-12,14-15,25H,5-8,20H2,1-4H3,(H2,21,26)(H,22,29)(H,23,27)(H,24,28)(H,30,31). The van der Waals surface area contributed by atoms with Crippen molar-refractivity contribution in [1.82, 2.24) is 16.0 Å². The van der Waals surface area contributed by atoms with Crippen LogP contribution < -0.4 is 27.4 Å². The summed E-state index contributed by atoms with van der Waals surface area (Å²) < 4.78 is 0. The van der Waals surface area contributed by atoms with E-state index in [0.717, 1.165) is 0 Å². The number of primary amides is 1. The van der Waals surface area contributed by atoms with Crippen LogP contribution in [-0.2, 0) is 24.0 Å². The van der Waals surface area contributed by atoms with E-state index in [1.54, 1.807) is 20.1 Å². The fourth-order valence-corrected chi connectivity index (χ4v) is 3.15. The van der Waals surface area contributed by atoms with Gasteiger partial charge in [-0.1, -0.05) is 20.3 Å². The summed E-state index contributed by atoms with van der Waals surface area (Å²) in [5.74, 6) is -4.23. The molecular weight excluding hydrogens is 442 g/mol. The van der Waals surface area contributed by atoms with Crippen LogP contribution >= 0.6 is 11.8 Å². The summed E-state index contributed by atoms with van der Waals surface area (Å²) in [7, 11) is 0. The zero-order valence-electron chi connectivity index (χ0n) is 18.8. The fourth-order valence-electron chi connectivity index (χ4n) is 2.68. The van der Waals surface area contributed by atoms with E-state index in [1.807, 2.05) is 0 Å².